The third-order valence-electron chi connectivity index (χ3n) is 3.98. The number of hydrogen-bond acceptors (Lipinski definition) is 1. The quantitative estimate of drug-likeness (QED) is 0.564. The van der Waals surface area contributed by atoms with Crippen molar-refractivity contribution in [3.63, 3.8) is 0 Å². The van der Waals surface area contributed by atoms with Crippen LogP contribution in [0, 0.1) is 11.3 Å². The van der Waals surface area contributed by atoms with Gasteiger partial charge in [-0.1, -0.05) is 11.1 Å². The molecule has 0 N–H and O–H groups in total. The molecule has 2 bridgehead atoms. The largest absolute Gasteiger partial charge is 0.299 e. The smallest absolute Gasteiger partial charge is 0.140 e. The van der Waals surface area contributed by atoms with Gasteiger partial charge in [-0.25, -0.2) is 0 Å². The summed E-state index contributed by atoms with van der Waals surface area (Å²) in [6, 6.07) is 0. The lowest BCUT2D eigenvalue weighted by Gasteiger charge is -2.24. The summed E-state index contributed by atoms with van der Waals surface area (Å²) in [5, 5.41) is 0. The summed E-state index contributed by atoms with van der Waals surface area (Å²) in [6.07, 6.45) is 4.74. The van der Waals surface area contributed by atoms with E-state index in [-0.39, 0.29) is 5.41 Å². The van der Waals surface area contributed by atoms with Crippen LogP contribution in [0.2, 0.25) is 0 Å². The molecule has 1 heteroatoms. The fraction of sp³-hybridized carbons (Fsp3) is 0.750. The summed E-state index contributed by atoms with van der Waals surface area (Å²) in [4.78, 5) is 11.7. The molecule has 2 aliphatic carbocycles. The Labute approximate surface area is 80.2 Å². The van der Waals surface area contributed by atoms with Crippen LogP contribution in [0.15, 0.2) is 11.1 Å². The van der Waals surface area contributed by atoms with Crippen molar-refractivity contribution >= 4 is 5.78 Å². The monoisotopic (exact) mass is 178 g/mol. The predicted molar refractivity (Wildman–Crippen MR) is 53.4 cm³/mol. The highest BCUT2D eigenvalue weighted by Gasteiger charge is 2.52. The fourth-order valence-corrected chi connectivity index (χ4v) is 3.49. The lowest BCUT2D eigenvalue weighted by atomic mass is 9.77. The average Bonchev–Trinajstić information content (AvgIpc) is 2.58. The molecule has 0 radical (unpaired) electrons. The molecule has 0 atom stereocenters. The van der Waals surface area contributed by atoms with Crippen molar-refractivity contribution in [3.8, 4) is 0 Å². The molecule has 0 spiro atoms. The van der Waals surface area contributed by atoms with Gasteiger partial charge in [0.05, 0.1) is 5.41 Å². The molecule has 2 fully saturated rings. The summed E-state index contributed by atoms with van der Waals surface area (Å²) >= 11 is 0. The van der Waals surface area contributed by atoms with E-state index in [9.17, 15) is 4.79 Å². The standard InChI is InChI=1S/C12H18O/c1-8(2)11-10-4-6-12(11,7-5-10)9(3)13/h10H,4-7H2,1-3H3. The van der Waals surface area contributed by atoms with Gasteiger partial charge in [0.15, 0.2) is 0 Å². The van der Waals surface area contributed by atoms with Gasteiger partial charge in [-0.15, -0.1) is 0 Å². The van der Waals surface area contributed by atoms with Gasteiger partial charge >= 0.3 is 0 Å². The van der Waals surface area contributed by atoms with Gasteiger partial charge in [0.2, 0.25) is 0 Å². The van der Waals surface area contributed by atoms with Crippen molar-refractivity contribution in [2.24, 2.45) is 11.3 Å². The van der Waals surface area contributed by atoms with Crippen LogP contribution in [0.1, 0.15) is 46.5 Å². The minimum Gasteiger partial charge on any atom is -0.299 e. The first-order valence-corrected chi connectivity index (χ1v) is 5.27. The number of hydrogen-bond donors (Lipinski definition) is 0. The van der Waals surface area contributed by atoms with Crippen molar-refractivity contribution in [3.05, 3.63) is 11.1 Å². The molecule has 13 heavy (non-hydrogen) atoms. The molecule has 72 valence electrons. The Kier molecular flexibility index (Phi) is 1.86. The van der Waals surface area contributed by atoms with Crippen molar-refractivity contribution in [1.29, 1.82) is 0 Å². The van der Waals surface area contributed by atoms with E-state index in [0.29, 0.717) is 5.78 Å². The Morgan fingerprint density at radius 1 is 1.23 bits per heavy atom. The van der Waals surface area contributed by atoms with Gasteiger partial charge in [0, 0.05) is 0 Å². The topological polar surface area (TPSA) is 17.1 Å². The number of fused-ring (bicyclic) bond motifs is 2. The minimum atomic E-state index is -0.0104. The highest BCUT2D eigenvalue weighted by Crippen LogP contribution is 2.59. The molecule has 2 aliphatic rings. The Morgan fingerprint density at radius 2 is 1.77 bits per heavy atom. The zero-order valence-corrected chi connectivity index (χ0v) is 8.81. The molecular formula is C12H18O. The van der Waals surface area contributed by atoms with Crippen molar-refractivity contribution in [2.75, 3.05) is 0 Å². The maximum absolute atomic E-state index is 11.7. The van der Waals surface area contributed by atoms with Crippen LogP contribution in [0.25, 0.3) is 0 Å². The molecule has 0 saturated heterocycles. The summed E-state index contributed by atoms with van der Waals surface area (Å²) in [5.41, 5.74) is 2.89. The van der Waals surface area contributed by atoms with E-state index in [4.69, 9.17) is 0 Å². The SMILES string of the molecule is CC(=O)C12CCC(CC1)C2=C(C)C. The summed E-state index contributed by atoms with van der Waals surface area (Å²) < 4.78 is 0. The molecule has 2 saturated carbocycles. The molecule has 0 amide bonds. The molecule has 2 rings (SSSR count). The molecular weight excluding hydrogens is 160 g/mol. The van der Waals surface area contributed by atoms with E-state index in [1.807, 2.05) is 0 Å². The first-order chi connectivity index (χ1) is 6.08. The molecule has 0 aromatic heterocycles. The normalized spacial score (nSPS) is 36.8. The third kappa shape index (κ3) is 1.02. The lowest BCUT2D eigenvalue weighted by molar-refractivity contribution is -0.124. The zero-order chi connectivity index (χ0) is 9.64. The van der Waals surface area contributed by atoms with Crippen LogP contribution in [0.5, 0.6) is 0 Å². The third-order valence-corrected chi connectivity index (χ3v) is 3.98. The van der Waals surface area contributed by atoms with E-state index in [1.165, 1.54) is 24.0 Å². The second-order valence-electron chi connectivity index (χ2n) is 4.83. The molecule has 0 heterocycles. The van der Waals surface area contributed by atoms with Gasteiger partial charge in [-0.3, -0.25) is 4.79 Å². The maximum Gasteiger partial charge on any atom is 0.140 e. The number of allylic oxidation sites excluding steroid dienone is 2. The Hall–Kier alpha value is -0.590. The van der Waals surface area contributed by atoms with Gasteiger partial charge in [0.1, 0.15) is 5.78 Å². The second-order valence-corrected chi connectivity index (χ2v) is 4.83. The van der Waals surface area contributed by atoms with Gasteiger partial charge in [0.25, 0.3) is 0 Å². The second kappa shape index (κ2) is 2.70. The van der Waals surface area contributed by atoms with Crippen LogP contribution in [-0.4, -0.2) is 5.78 Å². The Balaban J connectivity index is 2.49. The van der Waals surface area contributed by atoms with Crippen LogP contribution in [-0.2, 0) is 4.79 Å². The van der Waals surface area contributed by atoms with Gasteiger partial charge < -0.3 is 0 Å². The molecule has 0 aliphatic heterocycles. The average molecular weight is 178 g/mol. The fourth-order valence-electron chi connectivity index (χ4n) is 3.49. The van der Waals surface area contributed by atoms with Crippen molar-refractivity contribution < 1.29 is 4.79 Å². The van der Waals surface area contributed by atoms with Crippen molar-refractivity contribution in [2.45, 2.75) is 46.5 Å². The molecule has 0 unspecified atom stereocenters. The number of Topliss-reactive ketones (excluding diaryl/α,β-unsaturated/α-hetero) is 1. The molecule has 0 aromatic carbocycles. The van der Waals surface area contributed by atoms with E-state index in [1.54, 1.807) is 6.92 Å². The van der Waals surface area contributed by atoms with Crippen LogP contribution < -0.4 is 0 Å². The molecule has 0 aromatic rings. The summed E-state index contributed by atoms with van der Waals surface area (Å²) in [6.45, 7) is 6.10. The first kappa shape index (κ1) is 8.98. The van der Waals surface area contributed by atoms with Gasteiger partial charge in [-0.05, 0) is 52.4 Å². The highest BCUT2D eigenvalue weighted by atomic mass is 16.1. The lowest BCUT2D eigenvalue weighted by Crippen LogP contribution is -2.25. The van der Waals surface area contributed by atoms with Crippen molar-refractivity contribution in [1.82, 2.24) is 0 Å². The number of carbonyl (C=O) groups excluding carboxylic acids is 1. The maximum atomic E-state index is 11.7. The number of carbonyl (C=O) groups is 1. The predicted octanol–water partition coefficient (Wildman–Crippen LogP) is 3.10. The Bertz CT molecular complexity index is 273. The van der Waals surface area contributed by atoms with Crippen LogP contribution in [0.4, 0.5) is 0 Å². The summed E-state index contributed by atoms with van der Waals surface area (Å²) in [7, 11) is 0. The number of rotatable bonds is 1. The van der Waals surface area contributed by atoms with E-state index >= 15 is 0 Å². The van der Waals surface area contributed by atoms with E-state index in [2.05, 4.69) is 13.8 Å². The molecule has 1 nitrogen and oxygen atoms in total. The minimum absolute atomic E-state index is 0.0104. The van der Waals surface area contributed by atoms with E-state index in [0.717, 1.165) is 18.8 Å². The number of ketones is 1. The summed E-state index contributed by atoms with van der Waals surface area (Å²) in [5.74, 6) is 1.15. The van der Waals surface area contributed by atoms with Crippen LogP contribution >= 0.6 is 0 Å². The van der Waals surface area contributed by atoms with E-state index < -0.39 is 0 Å². The zero-order valence-electron chi connectivity index (χ0n) is 8.81. The van der Waals surface area contributed by atoms with Crippen LogP contribution in [0.3, 0.4) is 0 Å². The highest BCUT2D eigenvalue weighted by molar-refractivity contribution is 5.87. The first-order valence-electron chi connectivity index (χ1n) is 5.27. The van der Waals surface area contributed by atoms with Gasteiger partial charge in [-0.2, -0.15) is 0 Å². The Morgan fingerprint density at radius 3 is 2.08 bits per heavy atom.